The van der Waals surface area contributed by atoms with Crippen LogP contribution in [0.25, 0.3) is 16.5 Å². The summed E-state index contributed by atoms with van der Waals surface area (Å²) in [5.74, 6) is -0.970. The van der Waals surface area contributed by atoms with E-state index >= 15 is 0 Å². The first kappa shape index (κ1) is 30.3. The molecule has 6 nitrogen and oxygen atoms in total. The van der Waals surface area contributed by atoms with Crippen molar-refractivity contribution in [2.75, 3.05) is 18.5 Å². The Balaban J connectivity index is 1.32. The number of halogens is 1. The Morgan fingerprint density at radius 1 is 0.909 bits per heavy atom. The van der Waals surface area contributed by atoms with E-state index in [-0.39, 0.29) is 36.7 Å². The SMILES string of the molecule is CCOC(=O)CCCOc1cc(F)ccc1NC(=O)/C=C(\C)c1ccc2c(ccn2C(c2ccccc2)c2ccccc2)c1. The van der Waals surface area contributed by atoms with Crippen molar-refractivity contribution in [2.45, 2.75) is 32.7 Å². The molecule has 1 aromatic heterocycles. The lowest BCUT2D eigenvalue weighted by molar-refractivity contribution is -0.143. The number of hydrogen-bond donors (Lipinski definition) is 1. The van der Waals surface area contributed by atoms with Crippen LogP contribution in [-0.4, -0.2) is 29.7 Å². The third-order valence-corrected chi connectivity index (χ3v) is 7.32. The summed E-state index contributed by atoms with van der Waals surface area (Å²) in [6.45, 7) is 4.12. The number of hydrogen-bond acceptors (Lipinski definition) is 4. The van der Waals surface area contributed by atoms with Crippen LogP contribution in [0.15, 0.2) is 115 Å². The van der Waals surface area contributed by atoms with Crippen LogP contribution < -0.4 is 10.1 Å². The third kappa shape index (κ3) is 7.42. The van der Waals surface area contributed by atoms with Gasteiger partial charge in [-0.3, -0.25) is 9.59 Å². The normalized spacial score (nSPS) is 11.5. The maximum absolute atomic E-state index is 13.9. The molecule has 0 atom stereocenters. The quantitative estimate of drug-likeness (QED) is 0.0904. The van der Waals surface area contributed by atoms with E-state index in [0.717, 1.165) is 22.0 Å². The second kappa shape index (κ2) is 14.3. The van der Waals surface area contributed by atoms with Crippen molar-refractivity contribution in [1.82, 2.24) is 4.57 Å². The van der Waals surface area contributed by atoms with Gasteiger partial charge in [0, 0.05) is 35.7 Å². The van der Waals surface area contributed by atoms with Crippen molar-refractivity contribution in [2.24, 2.45) is 0 Å². The minimum Gasteiger partial charge on any atom is -0.491 e. The smallest absolute Gasteiger partial charge is 0.305 e. The number of nitrogens with one attached hydrogen (secondary N) is 1. The highest BCUT2D eigenvalue weighted by Gasteiger charge is 2.18. The Morgan fingerprint density at radius 2 is 1.61 bits per heavy atom. The standard InChI is InChI=1S/C37H35FN2O4/c1-3-43-36(42)15-10-22-44-34-25-31(38)17-18-32(34)39-35(41)23-26(2)29-16-19-33-30(24-29)20-21-40(33)37(27-11-6-4-7-12-27)28-13-8-5-9-14-28/h4-9,11-14,16-21,23-25,37H,3,10,15,22H2,1-2H3,(H,39,41)/b26-23+. The first-order valence-corrected chi connectivity index (χ1v) is 14.7. The zero-order valence-electron chi connectivity index (χ0n) is 24.8. The molecule has 4 aromatic carbocycles. The highest BCUT2D eigenvalue weighted by molar-refractivity contribution is 6.05. The van der Waals surface area contributed by atoms with Crippen molar-refractivity contribution in [3.05, 3.63) is 138 Å². The molecule has 0 aliphatic rings. The lowest BCUT2D eigenvalue weighted by atomic mass is 9.98. The van der Waals surface area contributed by atoms with Gasteiger partial charge in [0.1, 0.15) is 11.6 Å². The average molecular weight is 591 g/mol. The number of fused-ring (bicyclic) bond motifs is 1. The van der Waals surface area contributed by atoms with Gasteiger partial charge in [-0.15, -0.1) is 0 Å². The van der Waals surface area contributed by atoms with Crippen molar-refractivity contribution in [3.8, 4) is 5.75 Å². The maximum Gasteiger partial charge on any atom is 0.305 e. The van der Waals surface area contributed by atoms with Gasteiger partial charge in [-0.2, -0.15) is 0 Å². The largest absolute Gasteiger partial charge is 0.491 e. The summed E-state index contributed by atoms with van der Waals surface area (Å²) in [5.41, 5.74) is 5.50. The summed E-state index contributed by atoms with van der Waals surface area (Å²) in [6.07, 6.45) is 4.22. The Kier molecular flexibility index (Phi) is 9.87. The van der Waals surface area contributed by atoms with Gasteiger partial charge < -0.3 is 19.4 Å². The molecule has 5 aromatic rings. The summed E-state index contributed by atoms with van der Waals surface area (Å²) in [5, 5.41) is 3.86. The van der Waals surface area contributed by atoms with Gasteiger partial charge in [-0.1, -0.05) is 66.7 Å². The molecule has 0 spiro atoms. The molecular weight excluding hydrogens is 555 g/mol. The van der Waals surface area contributed by atoms with Crippen LogP contribution in [0.4, 0.5) is 10.1 Å². The summed E-state index contributed by atoms with van der Waals surface area (Å²) in [7, 11) is 0. The molecule has 0 radical (unpaired) electrons. The summed E-state index contributed by atoms with van der Waals surface area (Å²) in [6, 6.07) is 33.1. The molecule has 5 rings (SSSR count). The van der Waals surface area contributed by atoms with Crippen LogP contribution in [0.3, 0.4) is 0 Å². The fraction of sp³-hybridized carbons (Fsp3) is 0.189. The molecule has 1 amide bonds. The average Bonchev–Trinajstić information content (AvgIpc) is 3.44. The van der Waals surface area contributed by atoms with Gasteiger partial charge in [0.15, 0.2) is 0 Å². The Labute approximate surface area is 256 Å². The van der Waals surface area contributed by atoms with Gasteiger partial charge in [-0.25, -0.2) is 4.39 Å². The minimum atomic E-state index is -0.489. The van der Waals surface area contributed by atoms with Crippen molar-refractivity contribution in [3.63, 3.8) is 0 Å². The number of rotatable bonds is 12. The van der Waals surface area contributed by atoms with Crippen LogP contribution in [0.2, 0.25) is 0 Å². The number of benzene rings is 4. The number of ether oxygens (including phenoxy) is 2. The van der Waals surface area contributed by atoms with Gasteiger partial charge in [0.25, 0.3) is 0 Å². The summed E-state index contributed by atoms with van der Waals surface area (Å²) < 4.78 is 26.8. The van der Waals surface area contributed by atoms with E-state index in [1.54, 1.807) is 6.92 Å². The predicted octanol–water partition coefficient (Wildman–Crippen LogP) is 8.18. The van der Waals surface area contributed by atoms with Gasteiger partial charge in [0.05, 0.1) is 24.9 Å². The number of nitrogens with zero attached hydrogens (tertiary/aromatic N) is 1. The van der Waals surface area contributed by atoms with Gasteiger partial charge >= 0.3 is 5.97 Å². The molecular formula is C37H35FN2O4. The number of esters is 1. The van der Waals surface area contributed by atoms with E-state index in [4.69, 9.17) is 9.47 Å². The van der Waals surface area contributed by atoms with Crippen LogP contribution >= 0.6 is 0 Å². The fourth-order valence-corrected chi connectivity index (χ4v) is 5.22. The van der Waals surface area contributed by atoms with E-state index in [9.17, 15) is 14.0 Å². The number of carbonyl (C=O) groups is 2. The van der Waals surface area contributed by atoms with Crippen LogP contribution in [-0.2, 0) is 14.3 Å². The molecule has 0 aliphatic heterocycles. The summed E-state index contributed by atoms with van der Waals surface area (Å²) in [4.78, 5) is 24.6. The number of aromatic nitrogens is 1. The van der Waals surface area contributed by atoms with Gasteiger partial charge in [-0.05, 0) is 72.9 Å². The zero-order valence-corrected chi connectivity index (χ0v) is 24.8. The molecule has 0 fully saturated rings. The zero-order chi connectivity index (χ0) is 30.9. The number of carbonyl (C=O) groups excluding carboxylic acids is 2. The molecule has 0 bridgehead atoms. The van der Waals surface area contributed by atoms with E-state index in [2.05, 4.69) is 82.8 Å². The van der Waals surface area contributed by atoms with Crippen LogP contribution in [0.1, 0.15) is 49.4 Å². The summed E-state index contributed by atoms with van der Waals surface area (Å²) >= 11 is 0. The van der Waals surface area contributed by atoms with Crippen LogP contribution in [0.5, 0.6) is 5.75 Å². The maximum atomic E-state index is 13.9. The molecule has 224 valence electrons. The lowest BCUT2D eigenvalue weighted by Crippen LogP contribution is -2.11. The molecule has 1 N–H and O–H groups in total. The number of anilines is 1. The highest BCUT2D eigenvalue weighted by atomic mass is 19.1. The number of allylic oxidation sites excluding steroid dienone is 1. The minimum absolute atomic E-state index is 0.0143. The molecule has 1 heterocycles. The predicted molar refractivity (Wildman–Crippen MR) is 172 cm³/mol. The highest BCUT2D eigenvalue weighted by Crippen LogP contribution is 2.32. The molecule has 44 heavy (non-hydrogen) atoms. The Bertz CT molecular complexity index is 1720. The van der Waals surface area contributed by atoms with E-state index in [0.29, 0.717) is 18.7 Å². The molecule has 0 aliphatic carbocycles. The molecule has 0 saturated carbocycles. The first-order chi connectivity index (χ1) is 21.4. The van der Waals surface area contributed by atoms with Crippen molar-refractivity contribution in [1.29, 1.82) is 0 Å². The molecule has 7 heteroatoms. The second-order valence-corrected chi connectivity index (χ2v) is 10.4. The van der Waals surface area contributed by atoms with Crippen molar-refractivity contribution >= 4 is 34.0 Å². The molecule has 0 saturated heterocycles. The van der Waals surface area contributed by atoms with Gasteiger partial charge in [0.2, 0.25) is 5.91 Å². The third-order valence-electron chi connectivity index (χ3n) is 7.32. The van der Waals surface area contributed by atoms with Crippen LogP contribution in [0, 0.1) is 5.82 Å². The molecule has 0 unspecified atom stereocenters. The fourth-order valence-electron chi connectivity index (χ4n) is 5.22. The number of amides is 1. The van der Waals surface area contributed by atoms with Crippen molar-refractivity contribution < 1.29 is 23.5 Å². The second-order valence-electron chi connectivity index (χ2n) is 10.4. The first-order valence-electron chi connectivity index (χ1n) is 14.7. The van der Waals surface area contributed by atoms with E-state index in [1.165, 1.54) is 35.4 Å². The van der Waals surface area contributed by atoms with E-state index in [1.807, 2.05) is 25.1 Å². The topological polar surface area (TPSA) is 69.6 Å². The Hall–Kier alpha value is -5.17. The Morgan fingerprint density at radius 3 is 2.30 bits per heavy atom. The monoisotopic (exact) mass is 590 g/mol. The lowest BCUT2D eigenvalue weighted by Gasteiger charge is -2.21. The van der Waals surface area contributed by atoms with E-state index < -0.39 is 5.82 Å².